The number of nitrogens with one attached hydrogen (secondary N) is 2. The monoisotopic (exact) mass is 634 g/mol. The number of aromatic amines is 2. The number of halogens is 5. The third-order valence-electron chi connectivity index (χ3n) is 5.12. The summed E-state index contributed by atoms with van der Waals surface area (Å²) in [5, 5.41) is 13.1. The maximum Gasteiger partial charge on any atom is 0.147 e. The molecule has 3 N–H and O–H groups in total. The van der Waals surface area contributed by atoms with Gasteiger partial charge in [0, 0.05) is 60.9 Å². The number of phenols is 1. The molecule has 0 aliphatic carbocycles. The van der Waals surface area contributed by atoms with E-state index in [1.807, 2.05) is 48.8 Å². The topological polar surface area (TPSA) is 61.0 Å². The van der Waals surface area contributed by atoms with Crippen molar-refractivity contribution in [1.82, 2.24) is 9.97 Å². The second-order valence-electron chi connectivity index (χ2n) is 7.65. The van der Waals surface area contributed by atoms with Gasteiger partial charge in [-0.25, -0.2) is 0 Å². The third-order valence-corrected chi connectivity index (χ3v) is 6.91. The lowest BCUT2D eigenvalue weighted by Gasteiger charge is -2.08. The van der Waals surface area contributed by atoms with Crippen LogP contribution in [0.1, 0.15) is 0 Å². The Morgan fingerprint density at radius 3 is 1.86 bits per heavy atom. The van der Waals surface area contributed by atoms with Crippen LogP contribution in [0.3, 0.4) is 0 Å². The fourth-order valence-corrected chi connectivity index (χ4v) is 4.45. The van der Waals surface area contributed by atoms with E-state index in [-0.39, 0.29) is 5.75 Å². The average Bonchev–Trinajstić information content (AvgIpc) is 3.56. The van der Waals surface area contributed by atoms with E-state index < -0.39 is 0 Å². The van der Waals surface area contributed by atoms with E-state index in [1.54, 1.807) is 30.3 Å². The Morgan fingerprint density at radius 1 is 0.622 bits per heavy atom. The van der Waals surface area contributed by atoms with Crippen molar-refractivity contribution in [3.8, 4) is 17.2 Å². The zero-order valence-electron chi connectivity index (χ0n) is 19.0. The predicted molar refractivity (Wildman–Crippen MR) is 159 cm³/mol. The van der Waals surface area contributed by atoms with Gasteiger partial charge < -0.3 is 19.8 Å². The van der Waals surface area contributed by atoms with E-state index in [4.69, 9.17) is 56.2 Å². The van der Waals surface area contributed by atoms with Crippen LogP contribution in [0.25, 0.3) is 21.8 Å². The molecule has 188 valence electrons. The Hall–Kier alpha value is -2.80. The molecule has 0 aliphatic rings. The van der Waals surface area contributed by atoms with Crippen LogP contribution in [-0.4, -0.2) is 15.1 Å². The van der Waals surface area contributed by atoms with Gasteiger partial charge >= 0.3 is 0 Å². The van der Waals surface area contributed by atoms with Crippen molar-refractivity contribution in [2.45, 2.75) is 0 Å². The first-order valence-electron chi connectivity index (χ1n) is 10.9. The standard InChI is InChI=1S/C14H9Cl2NO.C8H6BrN.C6H4Cl2O/c15-9-4-5-11(16)14(8-9)18-13-3-1-2-12-10(13)6-7-17-12;9-7-2-1-3-8-6(7)4-5-10-8;7-4-1-2-5(8)6(9)3-4/h1-8,17H;1-5,10H;1-3,9H. The summed E-state index contributed by atoms with van der Waals surface area (Å²) in [6, 6.07) is 25.6. The average molecular weight is 637 g/mol. The van der Waals surface area contributed by atoms with Crippen molar-refractivity contribution in [1.29, 1.82) is 0 Å². The van der Waals surface area contributed by atoms with Gasteiger partial charge in [-0.15, -0.1) is 0 Å². The van der Waals surface area contributed by atoms with Gasteiger partial charge in [-0.05, 0) is 60.7 Å². The molecule has 2 aromatic heterocycles. The van der Waals surface area contributed by atoms with Gasteiger partial charge in [0.25, 0.3) is 0 Å². The summed E-state index contributed by atoms with van der Waals surface area (Å²) < 4.78 is 6.97. The van der Waals surface area contributed by atoms with Gasteiger partial charge in [0.1, 0.15) is 17.2 Å². The summed E-state index contributed by atoms with van der Waals surface area (Å²) in [4.78, 5) is 6.26. The minimum Gasteiger partial charge on any atom is -0.506 e. The van der Waals surface area contributed by atoms with E-state index in [1.165, 1.54) is 17.0 Å². The summed E-state index contributed by atoms with van der Waals surface area (Å²) >= 11 is 26.4. The van der Waals surface area contributed by atoms with Crippen molar-refractivity contribution in [3.63, 3.8) is 0 Å². The molecule has 0 radical (unpaired) electrons. The molecule has 4 aromatic carbocycles. The van der Waals surface area contributed by atoms with Crippen LogP contribution in [0.5, 0.6) is 17.2 Å². The molecule has 0 aliphatic heterocycles. The third kappa shape index (κ3) is 7.16. The molecule has 6 aromatic rings. The molecule has 9 heteroatoms. The number of rotatable bonds is 2. The lowest BCUT2D eigenvalue weighted by Crippen LogP contribution is -1.86. The van der Waals surface area contributed by atoms with E-state index >= 15 is 0 Å². The van der Waals surface area contributed by atoms with Crippen molar-refractivity contribution < 1.29 is 9.84 Å². The number of hydrogen-bond donors (Lipinski definition) is 3. The molecule has 0 fully saturated rings. The SMILES string of the molecule is Brc1cccc2[nH]ccc12.Clc1ccc(Cl)c(Oc2cccc3[nH]ccc23)c1.Oc1cc(Cl)ccc1Cl. The number of aromatic hydroxyl groups is 1. The molecule has 6 rings (SSSR count). The molecule has 2 heterocycles. The maximum absolute atomic E-state index is 8.88. The highest BCUT2D eigenvalue weighted by Crippen LogP contribution is 2.35. The zero-order valence-corrected chi connectivity index (χ0v) is 23.6. The Kier molecular flexibility index (Phi) is 9.30. The molecule has 0 atom stereocenters. The van der Waals surface area contributed by atoms with Gasteiger partial charge in [0.05, 0.1) is 10.0 Å². The number of fused-ring (bicyclic) bond motifs is 2. The van der Waals surface area contributed by atoms with E-state index in [0.29, 0.717) is 25.8 Å². The normalized spacial score (nSPS) is 10.4. The summed E-state index contributed by atoms with van der Waals surface area (Å²) in [6.07, 6.45) is 3.81. The maximum atomic E-state index is 8.88. The second kappa shape index (κ2) is 12.6. The van der Waals surface area contributed by atoms with Crippen LogP contribution in [0.15, 0.2) is 102 Å². The van der Waals surface area contributed by atoms with Crippen LogP contribution >= 0.6 is 62.3 Å². The van der Waals surface area contributed by atoms with E-state index in [9.17, 15) is 0 Å². The minimum absolute atomic E-state index is 0.0177. The number of benzene rings is 4. The molecule has 4 nitrogen and oxygen atoms in total. The number of hydrogen-bond acceptors (Lipinski definition) is 2. The van der Waals surface area contributed by atoms with Crippen molar-refractivity contribution in [2.24, 2.45) is 0 Å². The lowest BCUT2D eigenvalue weighted by molar-refractivity contribution is 0.475. The lowest BCUT2D eigenvalue weighted by atomic mass is 10.2. The van der Waals surface area contributed by atoms with Crippen LogP contribution in [-0.2, 0) is 0 Å². The molecular formula is C28H19BrCl4N2O2. The van der Waals surface area contributed by atoms with Gasteiger partial charge in [-0.2, -0.15) is 0 Å². The predicted octanol–water partition coefficient (Wildman–Crippen LogP) is 10.9. The van der Waals surface area contributed by atoms with Crippen LogP contribution in [0.2, 0.25) is 20.1 Å². The number of phenolic OH excluding ortho intramolecular Hbond substituents is 1. The first kappa shape index (κ1) is 27.2. The summed E-state index contributed by atoms with van der Waals surface area (Å²) in [7, 11) is 0. The highest BCUT2D eigenvalue weighted by molar-refractivity contribution is 9.10. The van der Waals surface area contributed by atoms with Gasteiger partial charge in [-0.1, -0.05) is 74.5 Å². The van der Waals surface area contributed by atoms with Crippen molar-refractivity contribution in [3.05, 3.63) is 122 Å². The number of H-pyrrole nitrogens is 2. The van der Waals surface area contributed by atoms with E-state index in [2.05, 4.69) is 38.0 Å². The summed E-state index contributed by atoms with van der Waals surface area (Å²) in [5.41, 5.74) is 2.19. The van der Waals surface area contributed by atoms with E-state index in [0.717, 1.165) is 21.1 Å². The smallest absolute Gasteiger partial charge is 0.147 e. The number of ether oxygens (including phenoxy) is 1. The highest BCUT2D eigenvalue weighted by atomic mass is 79.9. The molecule has 0 unspecified atom stereocenters. The molecule has 0 saturated carbocycles. The van der Waals surface area contributed by atoms with Crippen LogP contribution in [0, 0.1) is 0 Å². The first-order chi connectivity index (χ1) is 17.8. The van der Waals surface area contributed by atoms with Crippen LogP contribution in [0.4, 0.5) is 0 Å². The molecule has 37 heavy (non-hydrogen) atoms. The van der Waals surface area contributed by atoms with Crippen molar-refractivity contribution >= 4 is 84.1 Å². The fourth-order valence-electron chi connectivity index (χ4n) is 3.35. The molecule has 0 saturated heterocycles. The Bertz CT molecular complexity index is 1650. The van der Waals surface area contributed by atoms with Gasteiger partial charge in [0.15, 0.2) is 0 Å². The second-order valence-corrected chi connectivity index (χ2v) is 10.2. The fraction of sp³-hybridized carbons (Fsp3) is 0. The minimum atomic E-state index is 0.0177. The van der Waals surface area contributed by atoms with Crippen LogP contribution < -0.4 is 4.74 Å². The zero-order chi connectivity index (χ0) is 26.4. The quantitative estimate of drug-likeness (QED) is 0.177. The Balaban J connectivity index is 0.000000143. The molecule has 0 bridgehead atoms. The summed E-state index contributed by atoms with van der Waals surface area (Å²) in [6.45, 7) is 0. The van der Waals surface area contributed by atoms with Crippen molar-refractivity contribution in [2.75, 3.05) is 0 Å². The largest absolute Gasteiger partial charge is 0.506 e. The van der Waals surface area contributed by atoms with Gasteiger partial charge in [-0.3, -0.25) is 0 Å². The first-order valence-corrected chi connectivity index (χ1v) is 13.2. The molecule has 0 amide bonds. The Morgan fingerprint density at radius 2 is 1.22 bits per heavy atom. The molecular weight excluding hydrogens is 618 g/mol. The highest BCUT2D eigenvalue weighted by Gasteiger charge is 2.07. The summed E-state index contributed by atoms with van der Waals surface area (Å²) in [5.74, 6) is 1.32. The molecule has 0 spiro atoms. The van der Waals surface area contributed by atoms with Gasteiger partial charge in [0.2, 0.25) is 0 Å². The number of aromatic nitrogens is 2. The Labute approximate surface area is 241 Å².